The number of hydrogen-bond acceptors (Lipinski definition) is 4. The van der Waals surface area contributed by atoms with Crippen molar-refractivity contribution in [2.24, 2.45) is 0 Å². The van der Waals surface area contributed by atoms with Crippen LogP contribution in [0.15, 0.2) is 0 Å². The molecular formula is C17H32N2O4. The summed E-state index contributed by atoms with van der Waals surface area (Å²) in [5, 5.41) is 0. The van der Waals surface area contributed by atoms with Gasteiger partial charge >= 0.3 is 6.09 Å². The highest BCUT2D eigenvalue weighted by molar-refractivity contribution is 5.77. The molecule has 1 rings (SSSR count). The SMILES string of the molecule is COCCCCC(=O)N1C[C@H](C)N(C(=O)OC(C)(C)C)[C@@H](C)C1. The van der Waals surface area contributed by atoms with E-state index in [0.29, 0.717) is 26.1 Å². The molecule has 0 bridgehead atoms. The Balaban J connectivity index is 2.55. The van der Waals surface area contributed by atoms with Gasteiger partial charge < -0.3 is 14.4 Å². The fourth-order valence-corrected chi connectivity index (χ4v) is 2.88. The van der Waals surface area contributed by atoms with Gasteiger partial charge in [0.2, 0.25) is 5.91 Å². The number of piperazine rings is 1. The number of ether oxygens (including phenoxy) is 2. The average molecular weight is 328 g/mol. The van der Waals surface area contributed by atoms with Gasteiger partial charge in [-0.1, -0.05) is 0 Å². The maximum absolute atomic E-state index is 12.3. The minimum Gasteiger partial charge on any atom is -0.444 e. The van der Waals surface area contributed by atoms with Gasteiger partial charge in [0.25, 0.3) is 0 Å². The third kappa shape index (κ3) is 6.37. The summed E-state index contributed by atoms with van der Waals surface area (Å²) in [6, 6.07) is -0.0898. The summed E-state index contributed by atoms with van der Waals surface area (Å²) in [5.41, 5.74) is -0.509. The topological polar surface area (TPSA) is 59.1 Å². The van der Waals surface area contributed by atoms with E-state index < -0.39 is 5.60 Å². The molecule has 23 heavy (non-hydrogen) atoms. The summed E-state index contributed by atoms with van der Waals surface area (Å²) in [4.78, 5) is 28.3. The molecule has 6 heteroatoms. The zero-order valence-electron chi connectivity index (χ0n) is 15.4. The molecule has 1 saturated heterocycles. The van der Waals surface area contributed by atoms with Gasteiger partial charge in [-0.05, 0) is 47.5 Å². The number of hydrogen-bond donors (Lipinski definition) is 0. The second kappa shape index (κ2) is 8.52. The zero-order chi connectivity index (χ0) is 17.6. The number of carbonyl (C=O) groups excluding carboxylic acids is 2. The highest BCUT2D eigenvalue weighted by Gasteiger charge is 2.36. The van der Waals surface area contributed by atoms with E-state index >= 15 is 0 Å². The first-order chi connectivity index (χ1) is 10.7. The van der Waals surface area contributed by atoms with Gasteiger partial charge in [-0.2, -0.15) is 0 Å². The standard InChI is InChI=1S/C17H32N2O4/c1-13-11-18(15(20)9-7-8-10-22-6)12-14(2)19(13)16(21)23-17(3,4)5/h13-14H,7-12H2,1-6H3/t13-,14-/m0/s1. The number of amides is 2. The summed E-state index contributed by atoms with van der Waals surface area (Å²) < 4.78 is 10.5. The van der Waals surface area contributed by atoms with Crippen molar-refractivity contribution in [3.63, 3.8) is 0 Å². The van der Waals surface area contributed by atoms with Gasteiger partial charge in [-0.15, -0.1) is 0 Å². The first-order valence-corrected chi connectivity index (χ1v) is 8.43. The van der Waals surface area contributed by atoms with Crippen molar-refractivity contribution in [3.05, 3.63) is 0 Å². The van der Waals surface area contributed by atoms with Crippen LogP contribution in [0.4, 0.5) is 4.79 Å². The number of carbonyl (C=O) groups is 2. The van der Waals surface area contributed by atoms with Crippen LogP contribution in [0.1, 0.15) is 53.9 Å². The van der Waals surface area contributed by atoms with Crippen molar-refractivity contribution in [3.8, 4) is 0 Å². The third-order valence-corrected chi connectivity index (χ3v) is 3.87. The molecule has 0 N–H and O–H groups in total. The molecule has 134 valence electrons. The Morgan fingerprint density at radius 2 is 1.65 bits per heavy atom. The molecular weight excluding hydrogens is 296 g/mol. The van der Waals surface area contributed by atoms with E-state index in [1.54, 1.807) is 12.0 Å². The van der Waals surface area contributed by atoms with Crippen molar-refractivity contribution in [2.75, 3.05) is 26.8 Å². The Hall–Kier alpha value is -1.30. The molecule has 1 aliphatic rings. The lowest BCUT2D eigenvalue weighted by molar-refractivity contribution is -0.135. The van der Waals surface area contributed by atoms with Crippen LogP contribution >= 0.6 is 0 Å². The Morgan fingerprint density at radius 3 is 2.13 bits per heavy atom. The van der Waals surface area contributed by atoms with Crippen molar-refractivity contribution >= 4 is 12.0 Å². The molecule has 0 unspecified atom stereocenters. The summed E-state index contributed by atoms with van der Waals surface area (Å²) in [6.07, 6.45) is 1.96. The van der Waals surface area contributed by atoms with Gasteiger partial charge in [0, 0.05) is 33.2 Å². The Labute approximate surface area is 140 Å². The van der Waals surface area contributed by atoms with Crippen LogP contribution in [-0.4, -0.2) is 66.3 Å². The highest BCUT2D eigenvalue weighted by Crippen LogP contribution is 2.20. The van der Waals surface area contributed by atoms with Gasteiger partial charge in [-0.25, -0.2) is 4.79 Å². The maximum Gasteiger partial charge on any atom is 0.410 e. The van der Waals surface area contributed by atoms with Crippen molar-refractivity contribution < 1.29 is 19.1 Å². The quantitative estimate of drug-likeness (QED) is 0.728. The minimum atomic E-state index is -0.509. The van der Waals surface area contributed by atoms with Gasteiger partial charge in [-0.3, -0.25) is 9.69 Å². The van der Waals surface area contributed by atoms with E-state index in [1.165, 1.54) is 0 Å². The number of methoxy groups -OCH3 is 1. The van der Waals surface area contributed by atoms with Crippen LogP contribution < -0.4 is 0 Å². The zero-order valence-corrected chi connectivity index (χ0v) is 15.4. The Bertz CT molecular complexity index is 394. The summed E-state index contributed by atoms with van der Waals surface area (Å²) >= 11 is 0. The monoisotopic (exact) mass is 328 g/mol. The van der Waals surface area contributed by atoms with Gasteiger partial charge in [0.05, 0.1) is 12.1 Å². The van der Waals surface area contributed by atoms with Crippen LogP contribution in [0.2, 0.25) is 0 Å². The van der Waals surface area contributed by atoms with Gasteiger partial charge in [0.1, 0.15) is 5.60 Å². The molecule has 2 atom stereocenters. The van der Waals surface area contributed by atoms with E-state index in [9.17, 15) is 9.59 Å². The lowest BCUT2D eigenvalue weighted by Gasteiger charge is -2.44. The summed E-state index contributed by atoms with van der Waals surface area (Å²) in [5.74, 6) is 0.156. The van der Waals surface area contributed by atoms with E-state index in [0.717, 1.165) is 12.8 Å². The number of unbranched alkanes of at least 4 members (excludes halogenated alkanes) is 1. The molecule has 0 spiro atoms. The minimum absolute atomic E-state index is 0.0449. The lowest BCUT2D eigenvalue weighted by atomic mass is 10.1. The largest absolute Gasteiger partial charge is 0.444 e. The lowest BCUT2D eigenvalue weighted by Crippen LogP contribution is -2.60. The molecule has 1 fully saturated rings. The molecule has 0 aromatic carbocycles. The van der Waals surface area contributed by atoms with Crippen LogP contribution in [0.3, 0.4) is 0 Å². The summed E-state index contributed by atoms with van der Waals surface area (Å²) in [7, 11) is 1.67. The van der Waals surface area contributed by atoms with Crippen molar-refractivity contribution in [2.45, 2.75) is 71.6 Å². The molecule has 1 aliphatic heterocycles. The van der Waals surface area contributed by atoms with Crippen LogP contribution in [-0.2, 0) is 14.3 Å². The van der Waals surface area contributed by atoms with Crippen LogP contribution in [0, 0.1) is 0 Å². The van der Waals surface area contributed by atoms with Crippen molar-refractivity contribution in [1.82, 2.24) is 9.80 Å². The fraction of sp³-hybridized carbons (Fsp3) is 0.882. The smallest absolute Gasteiger partial charge is 0.410 e. The molecule has 0 aliphatic carbocycles. The summed E-state index contributed by atoms with van der Waals surface area (Å²) in [6.45, 7) is 11.3. The molecule has 0 saturated carbocycles. The molecule has 0 aromatic heterocycles. The normalized spacial score (nSPS) is 22.2. The predicted molar refractivity (Wildman–Crippen MR) is 89.3 cm³/mol. The molecule has 2 amide bonds. The average Bonchev–Trinajstić information content (AvgIpc) is 2.40. The Morgan fingerprint density at radius 1 is 1.09 bits per heavy atom. The van der Waals surface area contributed by atoms with Gasteiger partial charge in [0.15, 0.2) is 0 Å². The fourth-order valence-electron chi connectivity index (χ4n) is 2.88. The molecule has 0 radical (unpaired) electrons. The predicted octanol–water partition coefficient (Wildman–Crippen LogP) is 2.66. The first kappa shape index (κ1) is 19.7. The van der Waals surface area contributed by atoms with Crippen molar-refractivity contribution in [1.29, 1.82) is 0 Å². The second-order valence-electron chi connectivity index (χ2n) is 7.33. The number of nitrogens with zero attached hydrogens (tertiary/aromatic N) is 2. The van der Waals surface area contributed by atoms with E-state index in [1.807, 2.05) is 39.5 Å². The second-order valence-corrected chi connectivity index (χ2v) is 7.33. The molecule has 6 nitrogen and oxygen atoms in total. The molecule has 1 heterocycles. The Kier molecular flexibility index (Phi) is 7.32. The highest BCUT2D eigenvalue weighted by atomic mass is 16.6. The number of rotatable bonds is 5. The van der Waals surface area contributed by atoms with E-state index in [4.69, 9.17) is 9.47 Å². The van der Waals surface area contributed by atoms with E-state index in [2.05, 4.69) is 0 Å². The van der Waals surface area contributed by atoms with E-state index in [-0.39, 0.29) is 24.1 Å². The maximum atomic E-state index is 12.3. The molecule has 0 aromatic rings. The van der Waals surface area contributed by atoms with Crippen LogP contribution in [0.5, 0.6) is 0 Å². The third-order valence-electron chi connectivity index (χ3n) is 3.87. The van der Waals surface area contributed by atoms with Crippen LogP contribution in [0.25, 0.3) is 0 Å². The first-order valence-electron chi connectivity index (χ1n) is 8.43.